The Kier molecular flexibility index (Phi) is 4.70. The Bertz CT molecular complexity index is 3450. The van der Waals surface area contributed by atoms with Gasteiger partial charge in [0.1, 0.15) is 12.6 Å². The van der Waals surface area contributed by atoms with Gasteiger partial charge in [0.2, 0.25) is 5.91 Å². The number of halogens is 5. The van der Waals surface area contributed by atoms with E-state index in [-0.39, 0.29) is 0 Å². The van der Waals surface area contributed by atoms with Crippen LogP contribution in [0.2, 0.25) is 0 Å². The summed E-state index contributed by atoms with van der Waals surface area (Å²) in [6, 6.07) is -28.0. The van der Waals surface area contributed by atoms with E-state index in [9.17, 15) is 27.9 Å². The molecule has 1 N–H and O–H groups in total. The summed E-state index contributed by atoms with van der Waals surface area (Å²) in [6.07, 6.45) is -18.1. The van der Waals surface area contributed by atoms with E-state index < -0.39 is 267 Å². The summed E-state index contributed by atoms with van der Waals surface area (Å²) in [5.74, 6) is -7.51. The highest BCUT2D eigenvalue weighted by Crippen LogP contribution is 2.41. The third kappa shape index (κ3) is 9.12. The molecule has 12 heteroatoms. The van der Waals surface area contributed by atoms with E-state index in [1.807, 2.05) is 0 Å². The number of amides is 1. The second-order valence-electron chi connectivity index (χ2n) is 10.3. The highest BCUT2D eigenvalue weighted by atomic mass is 32.2. The van der Waals surface area contributed by atoms with E-state index in [1.54, 1.807) is 0 Å². The Morgan fingerprint density at radius 1 is 1.06 bits per heavy atom. The topological polar surface area (TPSA) is 56.3 Å². The molecule has 2 heterocycles. The van der Waals surface area contributed by atoms with Crippen LogP contribution in [0.15, 0.2) is 95.7 Å². The van der Waals surface area contributed by atoms with Gasteiger partial charge >= 0.3 is 6.18 Å². The number of anilines is 1. The molecule has 6 nitrogen and oxygen atoms in total. The minimum Gasteiger partial charge on any atom is -0.384 e. The quantitative estimate of drug-likeness (QED) is 0.145. The summed E-state index contributed by atoms with van der Waals surface area (Å²) >= 11 is -0.798. The van der Waals surface area contributed by atoms with Crippen LogP contribution in [0.5, 0.6) is 0 Å². The van der Waals surface area contributed by atoms with Crippen LogP contribution < -0.4 is 4.90 Å². The minimum absolute atomic E-state index is 0.435. The van der Waals surface area contributed by atoms with Crippen molar-refractivity contribution in [3.8, 4) is 11.1 Å². The molecule has 53 heavy (non-hydrogen) atoms. The number of nitrogens with zero attached hydrogens (tertiary/aromatic N) is 3. The SMILES string of the molecule is [2H]C1=C(SC([2H])([2H])c2c([2H])c([2H])c([2H])c(F)c2F)N(C([2H])([2H])C(=O)N(Cc2c([2H])c([2H])c(-c3c([2H])c([2H])c(C(F)(F)F)c([2H])c3[2H])c([2H])c2C)C2([2H])C([2H])([2H])C([2H])([2H])N(CC([2H])([2H])OC([2H])([2H])[2H])C([2H])([2H])C2([2H])[2H])c2c([2H])c([2H])c([2H])c([2H])c2C1O. The number of para-hydroxylation sites is 1. The number of carbonyl (C=O) groups is 1. The van der Waals surface area contributed by atoms with E-state index in [0.717, 1.165) is 0 Å². The average Bonchev–Trinajstić information content (AvgIpc) is 0.674. The lowest BCUT2D eigenvalue weighted by atomic mass is 9.97. The first-order valence-corrected chi connectivity index (χ1v) is 15.3. The second kappa shape index (κ2) is 16.8. The number of carbonyl (C=O) groups excluding carboxylic acids is 1. The van der Waals surface area contributed by atoms with E-state index >= 15 is 13.6 Å². The summed E-state index contributed by atoms with van der Waals surface area (Å²) in [5.41, 5.74) is -15.4. The van der Waals surface area contributed by atoms with Crippen molar-refractivity contribution in [3.63, 3.8) is 0 Å². The first-order valence-electron chi connectivity index (χ1n) is 31.0. The van der Waals surface area contributed by atoms with Crippen LogP contribution in [0.3, 0.4) is 0 Å². The highest BCUT2D eigenvalue weighted by Gasteiger charge is 2.33. The molecular weight excluding hydrogens is 710 g/mol. The summed E-state index contributed by atoms with van der Waals surface area (Å²) in [5, 5.41) is 9.92. The van der Waals surface area contributed by atoms with Crippen molar-refractivity contribution in [2.24, 2.45) is 0 Å². The number of rotatable bonds is 12. The number of hydrogen-bond acceptors (Lipinski definition) is 6. The van der Waals surface area contributed by atoms with Gasteiger partial charge in [-0.15, -0.1) is 11.8 Å². The van der Waals surface area contributed by atoms with Gasteiger partial charge in [-0.2, -0.15) is 13.2 Å². The number of fused-ring (bicyclic) bond motifs is 1. The molecule has 2 aliphatic heterocycles. The third-order valence-electron chi connectivity index (χ3n) is 6.89. The van der Waals surface area contributed by atoms with Gasteiger partial charge in [0.25, 0.3) is 0 Å². The van der Waals surface area contributed by atoms with E-state index in [1.165, 1.54) is 0 Å². The monoisotopic (exact) mass is 784 g/mol. The van der Waals surface area contributed by atoms with Gasteiger partial charge in [0, 0.05) is 75.4 Å². The number of aliphatic hydroxyl groups excluding tert-OH is 1. The standard InChI is InChI=1S/C41H42F5N3O3S/c1-27-22-29(28-12-14-32(15-13-28)41(44,45)46)10-11-30(27)24-48(33-16-18-47(19-17-33)20-21-52-2)38(51)25-49-36-9-4-3-7-34(36)37(50)23-39(49)53-26-31-6-5-8-35(42)40(31)43/h3-15,22-23,33,37,50H,16-21,24-26H2,1-2H3/i2D3,3D,4D,5D,6D,7D,8D,9D,10D,11D,12D,13D,14D,15D,16D2,17D2,18D2,19D2,21D2,22D,23D,25D2,26D2,33D. The van der Waals surface area contributed by atoms with E-state index in [4.69, 9.17) is 35.6 Å². The number of piperidine rings is 1. The molecule has 4 aromatic rings. The number of benzene rings is 4. The van der Waals surface area contributed by atoms with Crippen LogP contribution in [0.1, 0.15) is 91.9 Å². The molecule has 1 saturated heterocycles. The fraction of sp³-hybridized carbons (Fsp3) is 0.341. The van der Waals surface area contributed by atoms with Gasteiger partial charge in [-0.25, -0.2) is 8.78 Å². The fourth-order valence-corrected chi connectivity index (χ4v) is 5.07. The van der Waals surface area contributed by atoms with E-state index in [2.05, 4.69) is 4.74 Å². The summed E-state index contributed by atoms with van der Waals surface area (Å²) in [4.78, 5) is 14.2. The molecule has 0 radical (unpaired) electrons. The number of likely N-dealkylation sites (tertiary alicyclic amines) is 1. The fourth-order valence-electron chi connectivity index (χ4n) is 4.33. The van der Waals surface area contributed by atoms with Gasteiger partial charge in [-0.05, 0) is 72.1 Å². The molecule has 2 aliphatic rings. The van der Waals surface area contributed by atoms with Crippen molar-refractivity contribution in [2.45, 2.75) is 50.2 Å². The Balaban J connectivity index is 1.77. The number of methoxy groups -OCH3 is 1. The van der Waals surface area contributed by atoms with Crippen molar-refractivity contribution in [2.75, 3.05) is 44.5 Å². The lowest BCUT2D eigenvalue weighted by molar-refractivity contribution is -0.137. The first kappa shape index (κ1) is 14.8. The average molecular weight is 785 g/mol. The smallest absolute Gasteiger partial charge is 0.384 e. The predicted octanol–water partition coefficient (Wildman–Crippen LogP) is 8.73. The normalized spacial score (nSPS) is 31.3. The predicted molar refractivity (Wildman–Crippen MR) is 198 cm³/mol. The summed E-state index contributed by atoms with van der Waals surface area (Å²) in [6.45, 7) is -21.4. The maximum absolute atomic E-state index is 16.0. The molecule has 280 valence electrons. The molecule has 0 aromatic heterocycles. The summed E-state index contributed by atoms with van der Waals surface area (Å²) in [7, 11) is -3.76. The molecule has 0 saturated carbocycles. The lowest BCUT2D eigenvalue weighted by Gasteiger charge is -2.41. The second-order valence-corrected chi connectivity index (χ2v) is 11.1. The van der Waals surface area contributed by atoms with Crippen molar-refractivity contribution < 1.29 is 81.8 Å². The maximum atomic E-state index is 16.0. The van der Waals surface area contributed by atoms with Gasteiger partial charge in [0.05, 0.1) is 48.7 Å². The van der Waals surface area contributed by atoms with Gasteiger partial charge in [0.15, 0.2) is 11.6 Å². The number of thioether (sulfide) groups is 1. The van der Waals surface area contributed by atoms with Crippen molar-refractivity contribution in [3.05, 3.63) is 135 Å². The zero-order valence-electron chi connectivity index (χ0n) is 59.4. The van der Waals surface area contributed by atoms with Crippen LogP contribution in [-0.4, -0.2) is 66.5 Å². The number of hydrogen-bond donors (Lipinski definition) is 1. The van der Waals surface area contributed by atoms with Crippen LogP contribution in [0.25, 0.3) is 11.1 Å². The maximum Gasteiger partial charge on any atom is 0.416 e. The molecule has 1 unspecified atom stereocenters. The van der Waals surface area contributed by atoms with Gasteiger partial charge in [-0.3, -0.25) is 4.79 Å². The molecule has 6 rings (SSSR count). The van der Waals surface area contributed by atoms with Crippen LogP contribution >= 0.6 is 11.8 Å². The van der Waals surface area contributed by atoms with Crippen LogP contribution in [-0.2, 0) is 28.0 Å². The molecule has 1 atom stereocenters. The molecule has 4 aromatic carbocycles. The Morgan fingerprint density at radius 3 is 2.53 bits per heavy atom. The summed E-state index contributed by atoms with van der Waals surface area (Å²) < 4.78 is 364. The Morgan fingerprint density at radius 2 is 1.79 bits per heavy atom. The Labute approximate surface area is 357 Å². The molecule has 1 fully saturated rings. The zero-order chi connectivity index (χ0) is 66.7. The van der Waals surface area contributed by atoms with Crippen LogP contribution in [0, 0.1) is 18.6 Å². The van der Waals surface area contributed by atoms with Gasteiger partial charge in [-0.1, -0.05) is 60.4 Å². The van der Waals surface area contributed by atoms with Gasteiger partial charge < -0.3 is 24.5 Å². The minimum atomic E-state index is -5.56. The highest BCUT2D eigenvalue weighted by molar-refractivity contribution is 8.02. The lowest BCUT2D eigenvalue weighted by Crippen LogP contribution is -2.50. The third-order valence-corrected chi connectivity index (χ3v) is 7.69. The molecule has 0 spiro atoms. The largest absolute Gasteiger partial charge is 0.416 e. The zero-order valence-corrected chi connectivity index (χ0v) is 27.2. The molecule has 1 amide bonds. The van der Waals surface area contributed by atoms with Crippen molar-refractivity contribution in [1.29, 1.82) is 0 Å². The molecule has 0 bridgehead atoms. The van der Waals surface area contributed by atoms with Crippen LogP contribution in [0.4, 0.5) is 27.6 Å². The van der Waals surface area contributed by atoms with Crippen molar-refractivity contribution >= 4 is 23.4 Å². The van der Waals surface area contributed by atoms with Crippen molar-refractivity contribution in [1.82, 2.24) is 9.80 Å². The number of aliphatic hydroxyl groups is 1. The number of ether oxygens (including phenoxy) is 1. The Hall–Kier alpha value is -4.23. The number of alkyl halides is 3. The van der Waals surface area contributed by atoms with E-state index in [0.29, 0.717) is 6.92 Å². The first-order chi connectivity index (χ1) is 38.4. The molecule has 0 aliphatic carbocycles. The molecular formula is C41H42F5N3O3S.